The van der Waals surface area contributed by atoms with Gasteiger partial charge in [0.05, 0.1) is 16.4 Å². The molecule has 1 saturated heterocycles. The van der Waals surface area contributed by atoms with Gasteiger partial charge in [0.25, 0.3) is 0 Å². The molecule has 4 heteroatoms. The van der Waals surface area contributed by atoms with E-state index in [0.717, 1.165) is 24.5 Å². The van der Waals surface area contributed by atoms with Crippen molar-refractivity contribution in [3.05, 3.63) is 23.0 Å². The molecule has 1 fully saturated rings. The summed E-state index contributed by atoms with van der Waals surface area (Å²) in [4.78, 5) is 2.37. The first-order chi connectivity index (χ1) is 8.75. The largest absolute Gasteiger partial charge is 0.381 e. The summed E-state index contributed by atoms with van der Waals surface area (Å²) >= 11 is 5.85. The van der Waals surface area contributed by atoms with Gasteiger partial charge in [0.1, 0.15) is 5.82 Å². The monoisotopic (exact) mass is 268 g/mol. The Kier molecular flexibility index (Phi) is 3.33. The molecule has 2 heterocycles. The van der Waals surface area contributed by atoms with Crippen LogP contribution in [0.25, 0.3) is 0 Å². The van der Waals surface area contributed by atoms with Gasteiger partial charge in [-0.05, 0) is 18.9 Å². The summed E-state index contributed by atoms with van der Waals surface area (Å²) in [7, 11) is 0. The molecule has 2 aliphatic heterocycles. The average molecular weight is 269 g/mol. The van der Waals surface area contributed by atoms with Crippen molar-refractivity contribution < 1.29 is 4.39 Å². The number of fused-ring (bicyclic) bond motifs is 3. The highest BCUT2D eigenvalue weighted by molar-refractivity contribution is 6.31. The Hall–Kier alpha value is -0.960. The smallest absolute Gasteiger partial charge is 0.144 e. The first-order valence-corrected chi connectivity index (χ1v) is 7.13. The summed E-state index contributed by atoms with van der Waals surface area (Å²) in [5.41, 5.74) is 1.95. The third-order valence-corrected chi connectivity index (χ3v) is 4.29. The van der Waals surface area contributed by atoms with E-state index in [-0.39, 0.29) is 10.8 Å². The lowest BCUT2D eigenvalue weighted by molar-refractivity contribution is 0.471. The highest BCUT2D eigenvalue weighted by Crippen LogP contribution is 2.37. The SMILES string of the molecule is Fc1cc2c(cc1Cl)NCC1CCCCCCN21. The van der Waals surface area contributed by atoms with Gasteiger partial charge in [0, 0.05) is 25.2 Å². The van der Waals surface area contributed by atoms with Gasteiger partial charge in [-0.25, -0.2) is 4.39 Å². The van der Waals surface area contributed by atoms with E-state index in [1.807, 2.05) is 0 Å². The minimum Gasteiger partial charge on any atom is -0.381 e. The van der Waals surface area contributed by atoms with E-state index in [1.165, 1.54) is 32.1 Å². The molecule has 98 valence electrons. The summed E-state index contributed by atoms with van der Waals surface area (Å²) in [6.07, 6.45) is 6.26. The van der Waals surface area contributed by atoms with Crippen molar-refractivity contribution in [2.75, 3.05) is 23.3 Å². The van der Waals surface area contributed by atoms with Crippen LogP contribution in [0.15, 0.2) is 12.1 Å². The van der Waals surface area contributed by atoms with E-state index in [4.69, 9.17) is 11.6 Å². The molecule has 0 spiro atoms. The standard InChI is InChI=1S/C14H18ClFN2/c15-11-7-13-14(8-12(11)16)18-6-4-2-1-3-5-10(18)9-17-13/h7-8,10,17H,1-6,9H2. The van der Waals surface area contributed by atoms with E-state index in [9.17, 15) is 4.39 Å². The molecule has 0 amide bonds. The van der Waals surface area contributed by atoms with Crippen molar-refractivity contribution in [2.45, 2.75) is 38.1 Å². The van der Waals surface area contributed by atoms with Crippen molar-refractivity contribution in [3.8, 4) is 0 Å². The van der Waals surface area contributed by atoms with Gasteiger partial charge in [-0.1, -0.05) is 30.9 Å². The second-order valence-corrected chi connectivity index (χ2v) is 5.62. The summed E-state index contributed by atoms with van der Waals surface area (Å²) in [5.74, 6) is -0.320. The van der Waals surface area contributed by atoms with Crippen LogP contribution in [-0.2, 0) is 0 Å². The topological polar surface area (TPSA) is 15.3 Å². The number of anilines is 2. The van der Waals surface area contributed by atoms with Crippen molar-refractivity contribution in [1.82, 2.24) is 0 Å². The van der Waals surface area contributed by atoms with Gasteiger partial charge >= 0.3 is 0 Å². The zero-order chi connectivity index (χ0) is 12.5. The highest BCUT2D eigenvalue weighted by atomic mass is 35.5. The fourth-order valence-corrected chi connectivity index (χ4v) is 3.19. The fraction of sp³-hybridized carbons (Fsp3) is 0.571. The minimum atomic E-state index is -0.320. The Bertz CT molecular complexity index is 450. The Balaban J connectivity index is 1.96. The molecule has 0 aromatic heterocycles. The minimum absolute atomic E-state index is 0.201. The summed E-state index contributed by atoms with van der Waals surface area (Å²) < 4.78 is 13.7. The van der Waals surface area contributed by atoms with Crippen LogP contribution in [0.3, 0.4) is 0 Å². The molecule has 0 bridgehead atoms. The van der Waals surface area contributed by atoms with E-state index >= 15 is 0 Å². The van der Waals surface area contributed by atoms with Crippen LogP contribution in [-0.4, -0.2) is 19.1 Å². The van der Waals surface area contributed by atoms with Gasteiger partial charge in [-0.15, -0.1) is 0 Å². The predicted molar refractivity (Wildman–Crippen MR) is 74.1 cm³/mol. The number of hydrogen-bond acceptors (Lipinski definition) is 2. The van der Waals surface area contributed by atoms with Crippen LogP contribution in [0.1, 0.15) is 32.1 Å². The summed E-state index contributed by atoms with van der Waals surface area (Å²) in [5, 5.41) is 3.59. The first-order valence-electron chi connectivity index (χ1n) is 6.75. The zero-order valence-corrected chi connectivity index (χ0v) is 11.1. The maximum Gasteiger partial charge on any atom is 0.144 e. The van der Waals surface area contributed by atoms with Gasteiger partial charge in [-0.2, -0.15) is 0 Å². The van der Waals surface area contributed by atoms with Gasteiger partial charge in [-0.3, -0.25) is 0 Å². The van der Waals surface area contributed by atoms with Crippen LogP contribution in [0.2, 0.25) is 5.02 Å². The third-order valence-electron chi connectivity index (χ3n) is 4.00. The maximum atomic E-state index is 13.7. The second-order valence-electron chi connectivity index (χ2n) is 5.21. The van der Waals surface area contributed by atoms with Crippen LogP contribution in [0.5, 0.6) is 0 Å². The lowest BCUT2D eigenvalue weighted by Gasteiger charge is -2.41. The van der Waals surface area contributed by atoms with Gasteiger partial charge in [0.2, 0.25) is 0 Å². The average Bonchev–Trinajstić information content (AvgIpc) is 2.32. The van der Waals surface area contributed by atoms with Crippen LogP contribution >= 0.6 is 11.6 Å². The van der Waals surface area contributed by atoms with Crippen molar-refractivity contribution in [2.24, 2.45) is 0 Å². The normalized spacial score (nSPS) is 23.4. The lowest BCUT2D eigenvalue weighted by Crippen LogP contribution is -2.45. The highest BCUT2D eigenvalue weighted by Gasteiger charge is 2.27. The summed E-state index contributed by atoms with van der Waals surface area (Å²) in [6.45, 7) is 1.97. The van der Waals surface area contributed by atoms with Crippen LogP contribution in [0.4, 0.5) is 15.8 Å². The van der Waals surface area contributed by atoms with Gasteiger partial charge in [0.15, 0.2) is 0 Å². The molecule has 3 rings (SSSR count). The third kappa shape index (κ3) is 2.16. The van der Waals surface area contributed by atoms with E-state index in [1.54, 1.807) is 12.1 Å². The van der Waals surface area contributed by atoms with Crippen molar-refractivity contribution >= 4 is 23.0 Å². The lowest BCUT2D eigenvalue weighted by atomic mass is 9.98. The van der Waals surface area contributed by atoms with Crippen LogP contribution < -0.4 is 10.2 Å². The zero-order valence-electron chi connectivity index (χ0n) is 10.4. The van der Waals surface area contributed by atoms with E-state index in [0.29, 0.717) is 6.04 Å². The van der Waals surface area contributed by atoms with Crippen LogP contribution in [0, 0.1) is 5.82 Å². The molecule has 2 nitrogen and oxygen atoms in total. The van der Waals surface area contributed by atoms with Crippen molar-refractivity contribution in [3.63, 3.8) is 0 Å². The molecular formula is C14H18ClFN2. The summed E-state index contributed by atoms with van der Waals surface area (Å²) in [6, 6.07) is 3.79. The Morgan fingerprint density at radius 1 is 1.22 bits per heavy atom. The Labute approximate surface area is 112 Å². The number of halogens is 2. The quantitative estimate of drug-likeness (QED) is 0.764. The number of nitrogens with zero attached hydrogens (tertiary/aromatic N) is 1. The van der Waals surface area contributed by atoms with E-state index < -0.39 is 0 Å². The first kappa shape index (κ1) is 12.1. The van der Waals surface area contributed by atoms with E-state index in [2.05, 4.69) is 10.2 Å². The molecule has 18 heavy (non-hydrogen) atoms. The molecule has 2 aliphatic rings. The molecule has 0 aliphatic carbocycles. The Morgan fingerprint density at radius 2 is 2.06 bits per heavy atom. The molecule has 1 atom stereocenters. The molecule has 1 aromatic rings. The maximum absolute atomic E-state index is 13.7. The molecule has 1 unspecified atom stereocenters. The molecule has 1 aromatic carbocycles. The van der Waals surface area contributed by atoms with Crippen molar-refractivity contribution in [1.29, 1.82) is 0 Å². The number of rotatable bonds is 0. The number of hydrogen-bond donors (Lipinski definition) is 1. The number of benzene rings is 1. The predicted octanol–water partition coefficient (Wildman–Crippen LogP) is 4.04. The number of nitrogens with one attached hydrogen (secondary N) is 1. The molecule has 0 saturated carbocycles. The second kappa shape index (κ2) is 4.96. The van der Waals surface area contributed by atoms with Gasteiger partial charge < -0.3 is 10.2 Å². The molecular weight excluding hydrogens is 251 g/mol. The Morgan fingerprint density at radius 3 is 2.94 bits per heavy atom. The molecule has 0 radical (unpaired) electrons. The fourth-order valence-electron chi connectivity index (χ4n) is 3.03. The molecule has 1 N–H and O–H groups in total.